The van der Waals surface area contributed by atoms with Gasteiger partial charge in [-0.3, -0.25) is 19.2 Å². The van der Waals surface area contributed by atoms with E-state index in [1.807, 2.05) is 0 Å². The lowest BCUT2D eigenvalue weighted by atomic mass is 9.43. The molecule has 2 aromatic carbocycles. The van der Waals surface area contributed by atoms with Crippen LogP contribution in [0.1, 0.15) is 68.2 Å². The molecule has 3 aliphatic carbocycles. The second kappa shape index (κ2) is 14.1. The van der Waals surface area contributed by atoms with Crippen LogP contribution in [0, 0.1) is 22.7 Å². The third kappa shape index (κ3) is 5.91. The molecule has 2 N–H and O–H groups in total. The van der Waals surface area contributed by atoms with Crippen molar-refractivity contribution in [1.82, 2.24) is 0 Å². The molecule has 54 heavy (non-hydrogen) atoms. The maximum Gasteiger partial charge on any atom is 0.338 e. The zero-order chi connectivity index (χ0) is 39.4. The number of esters is 5. The Labute approximate surface area is 311 Å². The van der Waals surface area contributed by atoms with E-state index in [1.165, 1.54) is 31.2 Å². The molecule has 14 nitrogen and oxygen atoms in total. The van der Waals surface area contributed by atoms with Gasteiger partial charge in [-0.1, -0.05) is 49.9 Å². The Morgan fingerprint density at radius 2 is 1.37 bits per heavy atom. The van der Waals surface area contributed by atoms with E-state index in [4.69, 9.17) is 28.4 Å². The van der Waals surface area contributed by atoms with Gasteiger partial charge >= 0.3 is 29.8 Å². The first-order chi connectivity index (χ1) is 25.4. The number of fused-ring (bicyclic) bond motifs is 1. The highest BCUT2D eigenvalue weighted by Gasteiger charge is 2.83. The maximum absolute atomic E-state index is 14.3. The minimum Gasteiger partial charge on any atom is -0.462 e. The van der Waals surface area contributed by atoms with Gasteiger partial charge in [0.25, 0.3) is 0 Å². The van der Waals surface area contributed by atoms with Crippen molar-refractivity contribution in [1.29, 1.82) is 0 Å². The quantitative estimate of drug-likeness (QED) is 0.227. The van der Waals surface area contributed by atoms with E-state index in [0.29, 0.717) is 0 Å². The molecule has 3 saturated carbocycles. The van der Waals surface area contributed by atoms with Crippen LogP contribution in [0.15, 0.2) is 72.8 Å². The van der Waals surface area contributed by atoms with Crippen LogP contribution in [-0.4, -0.2) is 101 Å². The lowest BCUT2D eigenvalue weighted by Crippen LogP contribution is -2.81. The number of carbonyl (C=O) groups excluding carboxylic acids is 6. The molecule has 4 fully saturated rings. The van der Waals surface area contributed by atoms with Crippen molar-refractivity contribution in [3.63, 3.8) is 0 Å². The molecule has 1 heterocycles. The molecule has 1 saturated heterocycles. The van der Waals surface area contributed by atoms with E-state index in [2.05, 4.69) is 6.58 Å². The second-order valence-corrected chi connectivity index (χ2v) is 15.0. The minimum absolute atomic E-state index is 0.00325. The molecule has 4 bridgehead atoms. The van der Waals surface area contributed by atoms with E-state index < -0.39 is 113 Å². The summed E-state index contributed by atoms with van der Waals surface area (Å²) in [5, 5.41) is 25.0. The second-order valence-electron chi connectivity index (χ2n) is 15.0. The summed E-state index contributed by atoms with van der Waals surface area (Å²) >= 11 is 0. The highest BCUT2D eigenvalue weighted by atomic mass is 16.6. The predicted molar refractivity (Wildman–Crippen MR) is 185 cm³/mol. The molecule has 1 aliphatic heterocycles. The van der Waals surface area contributed by atoms with Gasteiger partial charge < -0.3 is 38.6 Å². The SMILES string of the molecule is C=C1[C@@H](O)C[C@H](OC(C)=O)[C@@]2(COC(=O)c3ccccc3)[C@@H](OC(=O)c3ccccc3)[C@H](OC(C)=O)[C@]3(O)[C@@]4(C)CO[C@]3(C)C(=O)C[C@H]4[C@@H](OC(C)=O)[C@H]12. The molecule has 2 aromatic rings. The fourth-order valence-electron chi connectivity index (χ4n) is 9.44. The number of aliphatic hydroxyl groups excluding tert-OH is 1. The van der Waals surface area contributed by atoms with Gasteiger partial charge in [-0.25, -0.2) is 9.59 Å². The number of Topliss-reactive ketones (excluding diaryl/α,β-unsaturated/α-hetero) is 1. The van der Waals surface area contributed by atoms with Crippen molar-refractivity contribution in [3.8, 4) is 0 Å². The highest BCUT2D eigenvalue weighted by molar-refractivity contribution is 5.92. The number of hydrogen-bond donors (Lipinski definition) is 2. The zero-order valence-electron chi connectivity index (χ0n) is 30.6. The zero-order valence-corrected chi connectivity index (χ0v) is 30.6. The van der Waals surface area contributed by atoms with Gasteiger partial charge in [-0.2, -0.15) is 0 Å². The fraction of sp³-hybridized carbons (Fsp3) is 0.500. The number of carbonyl (C=O) groups is 6. The van der Waals surface area contributed by atoms with Crippen molar-refractivity contribution < 1.29 is 67.4 Å². The fourth-order valence-corrected chi connectivity index (χ4v) is 9.44. The Hall–Kier alpha value is -4.92. The summed E-state index contributed by atoms with van der Waals surface area (Å²) in [4.78, 5) is 81.7. The Bertz CT molecular complexity index is 1860. The highest BCUT2D eigenvalue weighted by Crippen LogP contribution is 2.67. The molecular formula is C40H44O14. The molecule has 14 heteroatoms. The van der Waals surface area contributed by atoms with Crippen LogP contribution in [0.4, 0.5) is 0 Å². The summed E-state index contributed by atoms with van der Waals surface area (Å²) in [6.07, 6.45) is -9.18. The number of rotatable bonds is 8. The normalized spacial score (nSPS) is 36.8. The Kier molecular flexibility index (Phi) is 10.1. The van der Waals surface area contributed by atoms with Crippen LogP contribution in [0.5, 0.6) is 0 Å². The number of benzene rings is 2. The van der Waals surface area contributed by atoms with Crippen molar-refractivity contribution in [3.05, 3.63) is 83.9 Å². The first-order valence-corrected chi connectivity index (χ1v) is 17.7. The van der Waals surface area contributed by atoms with Gasteiger partial charge in [0.05, 0.1) is 29.3 Å². The number of aliphatic hydroxyl groups is 2. The summed E-state index contributed by atoms with van der Waals surface area (Å²) in [5.74, 6) is -7.71. The van der Waals surface area contributed by atoms with Crippen LogP contribution < -0.4 is 0 Å². The molecule has 0 aromatic heterocycles. The standard InChI is InChI=1S/C40H44O14/c1-21-28(44)18-30(51-22(2)41)39(20-49-35(46)25-13-9-7-10-14-25)31(21)32(52-23(3)42)27-17-29(45)38(6)40(48,37(27,5)19-50-38)34(53-24(4)43)33(39)54-36(47)26-15-11-8-12-16-26/h7-16,27-28,30-34,44,48H,1,17-20H2,2-6H3/t27-,28-,30-,31-,32+,33-,34-,37-,38+,39+,40-/m0/s1. The molecule has 0 amide bonds. The lowest BCUT2D eigenvalue weighted by Gasteiger charge is -2.65. The first kappa shape index (κ1) is 38.8. The number of ketones is 1. The lowest BCUT2D eigenvalue weighted by molar-refractivity contribution is -0.299. The molecule has 6 rings (SSSR count). The summed E-state index contributed by atoms with van der Waals surface area (Å²) < 4.78 is 36.7. The average Bonchev–Trinajstić information content (AvgIpc) is 3.27. The van der Waals surface area contributed by atoms with Crippen molar-refractivity contribution >= 4 is 35.6 Å². The van der Waals surface area contributed by atoms with Crippen molar-refractivity contribution in [2.75, 3.05) is 13.2 Å². The van der Waals surface area contributed by atoms with Gasteiger partial charge in [0.15, 0.2) is 23.6 Å². The third-order valence-electron chi connectivity index (χ3n) is 12.0. The summed E-state index contributed by atoms with van der Waals surface area (Å²) in [6, 6.07) is 15.6. The summed E-state index contributed by atoms with van der Waals surface area (Å²) in [6.45, 7) is 9.33. The minimum atomic E-state index is -2.54. The Morgan fingerprint density at radius 3 is 1.93 bits per heavy atom. The molecule has 0 spiro atoms. The van der Waals surface area contributed by atoms with Crippen LogP contribution in [-0.2, 0) is 47.6 Å². The molecule has 288 valence electrons. The number of hydrogen-bond acceptors (Lipinski definition) is 14. The van der Waals surface area contributed by atoms with Crippen molar-refractivity contribution in [2.24, 2.45) is 22.7 Å². The maximum atomic E-state index is 14.3. The van der Waals surface area contributed by atoms with Crippen LogP contribution in [0.2, 0.25) is 0 Å². The average molecular weight is 749 g/mol. The Balaban J connectivity index is 1.73. The van der Waals surface area contributed by atoms with Gasteiger partial charge in [-0.15, -0.1) is 0 Å². The predicted octanol–water partition coefficient (Wildman–Crippen LogP) is 2.92. The van der Waals surface area contributed by atoms with Crippen molar-refractivity contribution in [2.45, 2.75) is 89.2 Å². The van der Waals surface area contributed by atoms with Gasteiger partial charge in [0.1, 0.15) is 24.4 Å². The molecule has 4 aliphatic rings. The van der Waals surface area contributed by atoms with E-state index in [-0.39, 0.29) is 29.7 Å². The van der Waals surface area contributed by atoms with Gasteiger partial charge in [0, 0.05) is 50.9 Å². The molecule has 0 unspecified atom stereocenters. The Morgan fingerprint density at radius 1 is 0.815 bits per heavy atom. The van der Waals surface area contributed by atoms with Crippen LogP contribution in [0.3, 0.4) is 0 Å². The van der Waals surface area contributed by atoms with Gasteiger partial charge in [0.2, 0.25) is 0 Å². The third-order valence-corrected chi connectivity index (χ3v) is 12.0. The summed E-state index contributed by atoms with van der Waals surface area (Å²) in [5.41, 5.74) is -8.22. The van der Waals surface area contributed by atoms with E-state index >= 15 is 0 Å². The first-order valence-electron chi connectivity index (χ1n) is 17.7. The van der Waals surface area contributed by atoms with E-state index in [9.17, 15) is 39.0 Å². The monoisotopic (exact) mass is 748 g/mol. The molecule has 0 radical (unpaired) electrons. The summed E-state index contributed by atoms with van der Waals surface area (Å²) in [7, 11) is 0. The smallest absolute Gasteiger partial charge is 0.338 e. The largest absolute Gasteiger partial charge is 0.462 e. The van der Waals surface area contributed by atoms with Gasteiger partial charge in [-0.05, 0) is 36.8 Å². The topological polar surface area (TPSA) is 198 Å². The van der Waals surface area contributed by atoms with Crippen LogP contribution >= 0.6 is 0 Å². The van der Waals surface area contributed by atoms with E-state index in [1.54, 1.807) is 43.3 Å². The number of ether oxygens (including phenoxy) is 6. The van der Waals surface area contributed by atoms with E-state index in [0.717, 1.165) is 20.8 Å². The molecular weight excluding hydrogens is 704 g/mol. The van der Waals surface area contributed by atoms with Crippen LogP contribution in [0.25, 0.3) is 0 Å². The molecule has 11 atom stereocenters.